The Bertz CT molecular complexity index is 1200. The van der Waals surface area contributed by atoms with Crippen molar-refractivity contribution in [2.75, 3.05) is 18.4 Å². The molecule has 6 nitrogen and oxygen atoms in total. The van der Waals surface area contributed by atoms with Crippen LogP contribution in [0, 0.1) is 6.92 Å². The summed E-state index contributed by atoms with van der Waals surface area (Å²) >= 11 is 0. The number of aryl methyl sites for hydroxylation is 1. The van der Waals surface area contributed by atoms with Crippen molar-refractivity contribution in [1.29, 1.82) is 0 Å². The number of H-pyrrole nitrogens is 1. The average molecular weight is 412 g/mol. The van der Waals surface area contributed by atoms with Crippen LogP contribution in [0.25, 0.3) is 22.2 Å². The van der Waals surface area contributed by atoms with Crippen LogP contribution in [0.5, 0.6) is 0 Å². The van der Waals surface area contributed by atoms with E-state index in [0.717, 1.165) is 22.2 Å². The second-order valence-electron chi connectivity index (χ2n) is 7.90. The van der Waals surface area contributed by atoms with Crippen LogP contribution < -0.4 is 10.6 Å². The number of aromatic nitrogens is 2. The number of fused-ring (bicyclic) bond motifs is 1. The lowest BCUT2D eigenvalue weighted by atomic mass is 10.0. The number of nitrogens with one attached hydrogen (secondary N) is 3. The topological polar surface area (TPSA) is 79.0 Å². The molecule has 31 heavy (non-hydrogen) atoms. The Labute approximate surface area is 180 Å². The van der Waals surface area contributed by atoms with Crippen molar-refractivity contribution in [1.82, 2.24) is 15.3 Å². The molecule has 1 fully saturated rings. The van der Waals surface area contributed by atoms with Crippen LogP contribution in [-0.2, 0) is 4.74 Å². The first kappa shape index (κ1) is 19.3. The Balaban J connectivity index is 1.25. The summed E-state index contributed by atoms with van der Waals surface area (Å²) in [6, 6.07) is 23.7. The fourth-order valence-corrected chi connectivity index (χ4v) is 3.92. The SMILES string of the molecule is Cc1ccc2nc(N[C@H]3CNC[C@@H]3OC(=O)c3ccc(-c4ccccc4)cc3)[nH]c2c1. The minimum atomic E-state index is -0.319. The predicted octanol–water partition coefficient (Wildman–Crippen LogP) is 4.15. The zero-order valence-electron chi connectivity index (χ0n) is 17.3. The maximum absolute atomic E-state index is 12.7. The lowest BCUT2D eigenvalue weighted by Gasteiger charge is -2.20. The van der Waals surface area contributed by atoms with E-state index >= 15 is 0 Å². The number of aromatic amines is 1. The van der Waals surface area contributed by atoms with E-state index in [0.29, 0.717) is 24.6 Å². The molecule has 0 radical (unpaired) electrons. The highest BCUT2D eigenvalue weighted by Gasteiger charge is 2.31. The maximum Gasteiger partial charge on any atom is 0.338 e. The second-order valence-corrected chi connectivity index (χ2v) is 7.90. The standard InChI is InChI=1S/C25H24N4O2/c1-16-7-12-20-21(13-16)28-25(27-20)29-22-14-26-15-23(22)31-24(30)19-10-8-18(9-11-19)17-5-3-2-4-6-17/h2-13,22-23,26H,14-15H2,1H3,(H2,27,28,29)/t22-,23-/m0/s1. The van der Waals surface area contributed by atoms with Crippen LogP contribution in [0.2, 0.25) is 0 Å². The lowest BCUT2D eigenvalue weighted by molar-refractivity contribution is 0.0325. The molecule has 2 atom stereocenters. The first-order valence-electron chi connectivity index (χ1n) is 10.5. The number of carbonyl (C=O) groups is 1. The molecule has 0 amide bonds. The highest BCUT2D eigenvalue weighted by molar-refractivity contribution is 5.90. The Morgan fingerprint density at radius 2 is 1.77 bits per heavy atom. The number of ether oxygens (including phenoxy) is 1. The lowest BCUT2D eigenvalue weighted by Crippen LogP contribution is -2.36. The molecule has 5 rings (SSSR count). The Kier molecular flexibility index (Phi) is 5.14. The van der Waals surface area contributed by atoms with Gasteiger partial charge in [-0.15, -0.1) is 0 Å². The molecule has 1 aliphatic heterocycles. The van der Waals surface area contributed by atoms with Gasteiger partial charge in [0.1, 0.15) is 6.10 Å². The van der Waals surface area contributed by atoms with Gasteiger partial charge in [-0.05, 0) is 47.9 Å². The maximum atomic E-state index is 12.7. The first-order chi connectivity index (χ1) is 15.2. The molecule has 156 valence electrons. The molecule has 1 saturated heterocycles. The second kappa shape index (κ2) is 8.24. The van der Waals surface area contributed by atoms with E-state index in [1.54, 1.807) is 0 Å². The third-order valence-electron chi connectivity index (χ3n) is 5.60. The van der Waals surface area contributed by atoms with Gasteiger partial charge in [-0.1, -0.05) is 48.5 Å². The van der Waals surface area contributed by atoms with E-state index in [1.165, 1.54) is 5.56 Å². The number of rotatable bonds is 5. The van der Waals surface area contributed by atoms with Crippen molar-refractivity contribution in [2.45, 2.75) is 19.1 Å². The monoisotopic (exact) mass is 412 g/mol. The van der Waals surface area contributed by atoms with Gasteiger partial charge in [-0.3, -0.25) is 0 Å². The zero-order chi connectivity index (χ0) is 21.2. The molecule has 3 aromatic carbocycles. The van der Waals surface area contributed by atoms with Crippen molar-refractivity contribution < 1.29 is 9.53 Å². The van der Waals surface area contributed by atoms with Crippen LogP contribution in [0.15, 0.2) is 72.8 Å². The molecular weight excluding hydrogens is 388 g/mol. The average Bonchev–Trinajstić information content (AvgIpc) is 3.40. The summed E-state index contributed by atoms with van der Waals surface area (Å²) < 4.78 is 5.82. The molecule has 2 heterocycles. The fourth-order valence-electron chi connectivity index (χ4n) is 3.92. The van der Waals surface area contributed by atoms with Crippen LogP contribution in [0.3, 0.4) is 0 Å². The summed E-state index contributed by atoms with van der Waals surface area (Å²) in [6.07, 6.45) is -0.281. The Hall–Kier alpha value is -3.64. The third-order valence-corrected chi connectivity index (χ3v) is 5.60. The van der Waals surface area contributed by atoms with Gasteiger partial charge in [0.05, 0.1) is 22.6 Å². The molecule has 0 saturated carbocycles. The van der Waals surface area contributed by atoms with E-state index < -0.39 is 0 Å². The minimum Gasteiger partial charge on any atom is -0.455 e. The van der Waals surface area contributed by atoms with Crippen molar-refractivity contribution in [3.8, 4) is 11.1 Å². The predicted molar refractivity (Wildman–Crippen MR) is 122 cm³/mol. The summed E-state index contributed by atoms with van der Waals surface area (Å²) in [5, 5.41) is 6.67. The van der Waals surface area contributed by atoms with E-state index in [9.17, 15) is 4.79 Å². The third kappa shape index (κ3) is 4.15. The highest BCUT2D eigenvalue weighted by atomic mass is 16.5. The van der Waals surface area contributed by atoms with E-state index in [-0.39, 0.29) is 18.1 Å². The number of hydrogen-bond donors (Lipinski definition) is 3. The summed E-state index contributed by atoms with van der Waals surface area (Å²) in [5.74, 6) is 0.364. The largest absolute Gasteiger partial charge is 0.455 e. The zero-order valence-corrected chi connectivity index (χ0v) is 17.3. The molecular formula is C25H24N4O2. The molecule has 0 bridgehead atoms. The summed E-state index contributed by atoms with van der Waals surface area (Å²) in [6.45, 7) is 3.35. The molecule has 6 heteroatoms. The number of esters is 1. The van der Waals surface area contributed by atoms with Crippen molar-refractivity contribution in [3.63, 3.8) is 0 Å². The number of hydrogen-bond acceptors (Lipinski definition) is 5. The van der Waals surface area contributed by atoms with Crippen molar-refractivity contribution in [3.05, 3.63) is 83.9 Å². The van der Waals surface area contributed by atoms with Gasteiger partial charge < -0.3 is 20.4 Å². The number of carbonyl (C=O) groups excluding carboxylic acids is 1. The van der Waals surface area contributed by atoms with Gasteiger partial charge in [0.2, 0.25) is 5.95 Å². The van der Waals surface area contributed by atoms with Gasteiger partial charge in [-0.2, -0.15) is 0 Å². The molecule has 0 spiro atoms. The van der Waals surface area contributed by atoms with Gasteiger partial charge in [0.15, 0.2) is 0 Å². The van der Waals surface area contributed by atoms with E-state index in [2.05, 4.69) is 33.6 Å². The molecule has 3 N–H and O–H groups in total. The number of anilines is 1. The van der Waals surface area contributed by atoms with Gasteiger partial charge >= 0.3 is 5.97 Å². The number of benzene rings is 3. The smallest absolute Gasteiger partial charge is 0.338 e. The molecule has 4 aromatic rings. The first-order valence-corrected chi connectivity index (χ1v) is 10.5. The Morgan fingerprint density at radius 3 is 2.58 bits per heavy atom. The van der Waals surface area contributed by atoms with Crippen molar-refractivity contribution in [2.24, 2.45) is 0 Å². The van der Waals surface area contributed by atoms with E-state index in [1.807, 2.05) is 66.7 Å². The minimum absolute atomic E-state index is 0.0609. The van der Waals surface area contributed by atoms with Crippen molar-refractivity contribution >= 4 is 23.0 Å². The van der Waals surface area contributed by atoms with Crippen LogP contribution in [-0.4, -0.2) is 41.2 Å². The fraction of sp³-hybridized carbons (Fsp3) is 0.200. The van der Waals surface area contributed by atoms with E-state index in [4.69, 9.17) is 4.74 Å². The normalized spacial score (nSPS) is 18.2. The summed E-state index contributed by atoms with van der Waals surface area (Å²) in [4.78, 5) is 20.6. The van der Waals surface area contributed by atoms with Gasteiger partial charge in [0, 0.05) is 13.1 Å². The molecule has 1 aromatic heterocycles. The molecule has 0 aliphatic carbocycles. The van der Waals surface area contributed by atoms with Crippen LogP contribution in [0.4, 0.5) is 5.95 Å². The number of nitrogens with zero attached hydrogens (tertiary/aromatic N) is 1. The molecule has 1 aliphatic rings. The number of imidazole rings is 1. The van der Waals surface area contributed by atoms with Crippen LogP contribution in [0.1, 0.15) is 15.9 Å². The quantitative estimate of drug-likeness (QED) is 0.429. The summed E-state index contributed by atoms with van der Waals surface area (Å²) in [5.41, 5.74) is 5.80. The van der Waals surface area contributed by atoms with Gasteiger partial charge in [0.25, 0.3) is 0 Å². The highest BCUT2D eigenvalue weighted by Crippen LogP contribution is 2.21. The van der Waals surface area contributed by atoms with Crippen LogP contribution >= 0.6 is 0 Å². The van der Waals surface area contributed by atoms with Gasteiger partial charge in [-0.25, -0.2) is 9.78 Å². The molecule has 0 unspecified atom stereocenters. The summed E-state index contributed by atoms with van der Waals surface area (Å²) in [7, 11) is 0. The Morgan fingerprint density at radius 1 is 1.00 bits per heavy atom.